The predicted octanol–water partition coefficient (Wildman–Crippen LogP) is 5.42. The van der Waals surface area contributed by atoms with Crippen LogP contribution in [0.5, 0.6) is 0 Å². The van der Waals surface area contributed by atoms with E-state index in [1.54, 1.807) is 6.07 Å². The van der Waals surface area contributed by atoms with Crippen LogP contribution in [0.3, 0.4) is 0 Å². The number of fused-ring (bicyclic) bond motifs is 2. The highest BCUT2D eigenvalue weighted by molar-refractivity contribution is 7.22. The summed E-state index contributed by atoms with van der Waals surface area (Å²) < 4.78 is 6.67. The molecule has 1 amide bonds. The maximum atomic E-state index is 12.4. The molecule has 2 heterocycles. The van der Waals surface area contributed by atoms with E-state index in [-0.39, 0.29) is 5.91 Å². The third-order valence-electron chi connectivity index (χ3n) is 3.94. The summed E-state index contributed by atoms with van der Waals surface area (Å²) in [6.45, 7) is 4.28. The Bertz CT molecular complexity index is 1010. The number of aromatic nitrogens is 1. The van der Waals surface area contributed by atoms with Crippen LogP contribution in [-0.2, 0) is 0 Å². The number of nitrogens with one attached hydrogen (secondary N) is 1. The van der Waals surface area contributed by atoms with E-state index in [2.05, 4.69) is 30.2 Å². The van der Waals surface area contributed by atoms with Gasteiger partial charge in [-0.2, -0.15) is 0 Å². The van der Waals surface area contributed by atoms with E-state index in [1.807, 2.05) is 36.4 Å². The summed E-state index contributed by atoms with van der Waals surface area (Å²) in [5.74, 6) is 0.394. The quantitative estimate of drug-likeness (QED) is 0.543. The maximum Gasteiger partial charge on any atom is 0.293 e. The number of hydrogen-bond donors (Lipinski definition) is 1. The van der Waals surface area contributed by atoms with Crippen molar-refractivity contribution in [2.24, 2.45) is 0 Å². The number of para-hydroxylation sites is 2. The molecule has 2 aromatic heterocycles. The van der Waals surface area contributed by atoms with Gasteiger partial charge in [0, 0.05) is 5.39 Å². The smallest absolute Gasteiger partial charge is 0.293 e. The van der Waals surface area contributed by atoms with Crippen LogP contribution in [0, 0.1) is 0 Å². The van der Waals surface area contributed by atoms with Crippen molar-refractivity contribution in [3.8, 4) is 0 Å². The van der Waals surface area contributed by atoms with E-state index in [1.165, 1.54) is 16.9 Å². The number of thiazole rings is 1. The van der Waals surface area contributed by atoms with Gasteiger partial charge in [0.25, 0.3) is 5.91 Å². The van der Waals surface area contributed by atoms with Crippen molar-refractivity contribution in [2.45, 2.75) is 19.8 Å². The van der Waals surface area contributed by atoms with Gasteiger partial charge in [-0.15, -0.1) is 0 Å². The molecular weight excluding hydrogens is 320 g/mol. The second-order valence-corrected chi connectivity index (χ2v) is 7.00. The van der Waals surface area contributed by atoms with Crippen molar-refractivity contribution in [3.63, 3.8) is 0 Å². The average Bonchev–Trinajstić information content (AvgIpc) is 3.17. The zero-order valence-electron chi connectivity index (χ0n) is 13.4. The van der Waals surface area contributed by atoms with Crippen LogP contribution in [0.25, 0.3) is 21.2 Å². The van der Waals surface area contributed by atoms with Crippen molar-refractivity contribution in [3.05, 3.63) is 59.9 Å². The highest BCUT2D eigenvalue weighted by Gasteiger charge is 2.16. The molecule has 2 aromatic carbocycles. The van der Waals surface area contributed by atoms with Gasteiger partial charge in [0.15, 0.2) is 10.9 Å². The molecule has 0 spiro atoms. The van der Waals surface area contributed by atoms with Gasteiger partial charge in [0.1, 0.15) is 5.58 Å². The molecule has 4 nitrogen and oxygen atoms in total. The predicted molar refractivity (Wildman–Crippen MR) is 97.9 cm³/mol. The van der Waals surface area contributed by atoms with Crippen molar-refractivity contribution in [1.82, 2.24) is 4.98 Å². The van der Waals surface area contributed by atoms with Gasteiger partial charge in [-0.1, -0.05) is 55.5 Å². The number of hydrogen-bond acceptors (Lipinski definition) is 4. The highest BCUT2D eigenvalue weighted by Crippen LogP contribution is 2.32. The summed E-state index contributed by atoms with van der Waals surface area (Å²) in [7, 11) is 0. The van der Waals surface area contributed by atoms with E-state index in [0.717, 1.165) is 15.6 Å². The second-order valence-electron chi connectivity index (χ2n) is 5.97. The van der Waals surface area contributed by atoms with Crippen LogP contribution < -0.4 is 5.32 Å². The summed E-state index contributed by atoms with van der Waals surface area (Å²) in [5.41, 5.74) is 2.85. The van der Waals surface area contributed by atoms with E-state index in [0.29, 0.717) is 22.4 Å². The Labute approximate surface area is 143 Å². The Morgan fingerprint density at radius 1 is 1.17 bits per heavy atom. The second kappa shape index (κ2) is 5.76. The van der Waals surface area contributed by atoms with Crippen LogP contribution in [0.4, 0.5) is 5.13 Å². The lowest BCUT2D eigenvalue weighted by atomic mass is 10.0. The highest BCUT2D eigenvalue weighted by atomic mass is 32.1. The Morgan fingerprint density at radius 3 is 2.79 bits per heavy atom. The molecule has 5 heteroatoms. The molecule has 0 bridgehead atoms. The third kappa shape index (κ3) is 2.57. The lowest BCUT2D eigenvalue weighted by molar-refractivity contribution is 0.0998. The third-order valence-corrected chi connectivity index (χ3v) is 4.88. The number of anilines is 1. The molecule has 0 aliphatic rings. The topological polar surface area (TPSA) is 55.1 Å². The van der Waals surface area contributed by atoms with Gasteiger partial charge in [0.2, 0.25) is 0 Å². The van der Waals surface area contributed by atoms with Crippen LogP contribution in [0.15, 0.2) is 52.9 Å². The molecule has 0 aliphatic heterocycles. The van der Waals surface area contributed by atoms with Crippen molar-refractivity contribution in [1.29, 1.82) is 0 Å². The number of furan rings is 1. The lowest BCUT2D eigenvalue weighted by Crippen LogP contribution is -2.10. The number of rotatable bonds is 3. The molecule has 4 aromatic rings. The molecule has 120 valence electrons. The molecule has 0 saturated heterocycles. The summed E-state index contributed by atoms with van der Waals surface area (Å²) in [4.78, 5) is 17.0. The van der Waals surface area contributed by atoms with Crippen molar-refractivity contribution < 1.29 is 9.21 Å². The van der Waals surface area contributed by atoms with Gasteiger partial charge in [-0.05, 0) is 29.7 Å². The van der Waals surface area contributed by atoms with E-state index < -0.39 is 0 Å². The summed E-state index contributed by atoms with van der Waals surface area (Å²) in [5, 5.41) is 4.35. The SMILES string of the molecule is CC(C)c1cccc2sc(NC(=O)c3cc4ccccc4o3)nc12. The number of carbonyl (C=O) groups excluding carboxylic acids is 1. The van der Waals surface area contributed by atoms with Gasteiger partial charge in [0.05, 0.1) is 10.2 Å². The number of nitrogens with zero attached hydrogens (tertiary/aromatic N) is 1. The summed E-state index contributed by atoms with van der Waals surface area (Å²) in [6.07, 6.45) is 0. The maximum absolute atomic E-state index is 12.4. The molecule has 4 rings (SSSR count). The first kappa shape index (κ1) is 14.9. The van der Waals surface area contributed by atoms with Gasteiger partial charge < -0.3 is 4.42 Å². The molecule has 24 heavy (non-hydrogen) atoms. The largest absolute Gasteiger partial charge is 0.451 e. The van der Waals surface area contributed by atoms with E-state index in [9.17, 15) is 4.79 Å². The zero-order valence-corrected chi connectivity index (χ0v) is 14.2. The molecule has 0 unspecified atom stereocenters. The van der Waals surface area contributed by atoms with Gasteiger partial charge in [-0.3, -0.25) is 10.1 Å². The van der Waals surface area contributed by atoms with Gasteiger partial charge in [-0.25, -0.2) is 4.98 Å². The normalized spacial score (nSPS) is 11.5. The molecule has 0 radical (unpaired) electrons. The minimum Gasteiger partial charge on any atom is -0.451 e. The summed E-state index contributed by atoms with van der Waals surface area (Å²) >= 11 is 1.47. The molecule has 0 aliphatic carbocycles. The fourth-order valence-corrected chi connectivity index (χ4v) is 3.64. The Kier molecular flexibility index (Phi) is 3.58. The number of benzene rings is 2. The van der Waals surface area contributed by atoms with Crippen molar-refractivity contribution >= 4 is 43.6 Å². The molecule has 0 saturated carbocycles. The molecule has 0 fully saturated rings. The lowest BCUT2D eigenvalue weighted by Gasteiger charge is -2.04. The fraction of sp³-hybridized carbons (Fsp3) is 0.158. The van der Waals surface area contributed by atoms with E-state index in [4.69, 9.17) is 4.42 Å². The molecule has 1 N–H and O–H groups in total. The molecule has 0 atom stereocenters. The number of carbonyl (C=O) groups is 1. The first-order chi connectivity index (χ1) is 11.6. The van der Waals surface area contributed by atoms with Crippen LogP contribution in [-0.4, -0.2) is 10.9 Å². The van der Waals surface area contributed by atoms with Crippen LogP contribution >= 0.6 is 11.3 Å². The first-order valence-corrected chi connectivity index (χ1v) is 8.63. The molecular formula is C19H16N2O2S. The van der Waals surface area contributed by atoms with Crippen molar-refractivity contribution in [2.75, 3.05) is 5.32 Å². The minimum atomic E-state index is -0.281. The summed E-state index contributed by atoms with van der Waals surface area (Å²) in [6, 6.07) is 15.4. The standard InChI is InChI=1S/C19H16N2O2S/c1-11(2)13-7-5-9-16-17(13)20-19(24-16)21-18(22)15-10-12-6-3-4-8-14(12)23-15/h3-11H,1-2H3,(H,20,21,22). The average molecular weight is 336 g/mol. The Morgan fingerprint density at radius 2 is 2.00 bits per heavy atom. The number of amides is 1. The fourth-order valence-electron chi connectivity index (χ4n) is 2.74. The minimum absolute atomic E-state index is 0.281. The Balaban J connectivity index is 1.66. The zero-order chi connectivity index (χ0) is 16.7. The van der Waals surface area contributed by atoms with E-state index >= 15 is 0 Å². The van der Waals surface area contributed by atoms with Gasteiger partial charge >= 0.3 is 0 Å². The van der Waals surface area contributed by atoms with Crippen LogP contribution in [0.2, 0.25) is 0 Å². The monoisotopic (exact) mass is 336 g/mol. The Hall–Kier alpha value is -2.66. The first-order valence-electron chi connectivity index (χ1n) is 7.81. The van der Waals surface area contributed by atoms with Crippen LogP contribution in [0.1, 0.15) is 35.9 Å².